The largest absolute Gasteiger partial charge is 0.507 e. The van der Waals surface area contributed by atoms with E-state index in [1.807, 2.05) is 0 Å². The van der Waals surface area contributed by atoms with Gasteiger partial charge >= 0.3 is 0 Å². The molecule has 0 aliphatic rings. The molecule has 2 rings (SSSR count). The molecule has 1 heterocycles. The van der Waals surface area contributed by atoms with Gasteiger partial charge in [0.05, 0.1) is 5.69 Å². The van der Waals surface area contributed by atoms with Gasteiger partial charge < -0.3 is 5.11 Å². The summed E-state index contributed by atoms with van der Waals surface area (Å²) in [5.41, 5.74) is 0.828. The van der Waals surface area contributed by atoms with E-state index < -0.39 is 0 Å². The Morgan fingerprint density at radius 1 is 1.06 bits per heavy atom. The van der Waals surface area contributed by atoms with Crippen LogP contribution in [0.25, 0.3) is 11.3 Å². The first-order chi connectivity index (χ1) is 7.59. The SMILES string of the molecule is Oc1cc(Cl)ccc1-c1ncnc(Cl)c1Cl. The third kappa shape index (κ3) is 2.07. The van der Waals surface area contributed by atoms with E-state index in [9.17, 15) is 5.11 Å². The minimum absolute atomic E-state index is 0.0100. The lowest BCUT2D eigenvalue weighted by Crippen LogP contribution is -1.89. The third-order valence-corrected chi connectivity index (χ3v) is 2.94. The van der Waals surface area contributed by atoms with E-state index in [0.717, 1.165) is 0 Å². The highest BCUT2D eigenvalue weighted by Gasteiger charge is 2.13. The van der Waals surface area contributed by atoms with Crippen molar-refractivity contribution >= 4 is 34.8 Å². The Hall–Kier alpha value is -1.03. The number of hydrogen-bond donors (Lipinski definition) is 1. The number of phenols is 1. The number of benzene rings is 1. The first-order valence-electron chi connectivity index (χ1n) is 4.24. The topological polar surface area (TPSA) is 46.0 Å². The molecular formula is C10H5Cl3N2O. The molecule has 3 nitrogen and oxygen atoms in total. The van der Waals surface area contributed by atoms with Crippen molar-refractivity contribution in [3.05, 3.63) is 39.7 Å². The molecule has 0 radical (unpaired) electrons. The van der Waals surface area contributed by atoms with E-state index in [0.29, 0.717) is 16.3 Å². The molecule has 0 bridgehead atoms. The average Bonchev–Trinajstić information content (AvgIpc) is 2.23. The molecule has 16 heavy (non-hydrogen) atoms. The second-order valence-electron chi connectivity index (χ2n) is 2.99. The second-order valence-corrected chi connectivity index (χ2v) is 4.16. The van der Waals surface area contributed by atoms with Crippen molar-refractivity contribution in [1.29, 1.82) is 0 Å². The molecule has 0 atom stereocenters. The Morgan fingerprint density at radius 2 is 1.81 bits per heavy atom. The molecule has 0 fully saturated rings. The van der Waals surface area contributed by atoms with Crippen LogP contribution in [0.15, 0.2) is 24.5 Å². The second kappa shape index (κ2) is 4.45. The van der Waals surface area contributed by atoms with Crippen LogP contribution < -0.4 is 0 Å². The van der Waals surface area contributed by atoms with E-state index in [1.54, 1.807) is 12.1 Å². The van der Waals surface area contributed by atoms with Gasteiger partial charge in [-0.05, 0) is 18.2 Å². The summed E-state index contributed by atoms with van der Waals surface area (Å²) in [6.07, 6.45) is 1.28. The van der Waals surface area contributed by atoms with Crippen LogP contribution in [0.5, 0.6) is 5.75 Å². The zero-order valence-corrected chi connectivity index (χ0v) is 10.1. The van der Waals surface area contributed by atoms with Crippen LogP contribution in [0.4, 0.5) is 0 Å². The first kappa shape index (κ1) is 11.5. The lowest BCUT2D eigenvalue weighted by molar-refractivity contribution is 0.477. The molecule has 0 saturated carbocycles. The Kier molecular flexibility index (Phi) is 3.19. The van der Waals surface area contributed by atoms with Gasteiger partial charge in [0.15, 0.2) is 5.15 Å². The van der Waals surface area contributed by atoms with Crippen LogP contribution in [0.2, 0.25) is 15.2 Å². The van der Waals surface area contributed by atoms with Crippen molar-refractivity contribution in [2.24, 2.45) is 0 Å². The molecule has 1 aromatic heterocycles. The summed E-state index contributed by atoms with van der Waals surface area (Å²) < 4.78 is 0. The first-order valence-corrected chi connectivity index (χ1v) is 5.38. The minimum atomic E-state index is -0.0100. The van der Waals surface area contributed by atoms with Gasteiger partial charge in [0.1, 0.15) is 17.1 Å². The molecule has 2 aromatic rings. The summed E-state index contributed by atoms with van der Waals surface area (Å²) in [6, 6.07) is 4.65. The van der Waals surface area contributed by atoms with Crippen molar-refractivity contribution in [2.45, 2.75) is 0 Å². The molecule has 0 spiro atoms. The number of aromatic nitrogens is 2. The quantitative estimate of drug-likeness (QED) is 0.805. The highest BCUT2D eigenvalue weighted by atomic mass is 35.5. The van der Waals surface area contributed by atoms with E-state index in [1.165, 1.54) is 12.4 Å². The van der Waals surface area contributed by atoms with E-state index in [2.05, 4.69) is 9.97 Å². The van der Waals surface area contributed by atoms with Crippen LogP contribution in [-0.2, 0) is 0 Å². The van der Waals surface area contributed by atoms with Crippen LogP contribution >= 0.6 is 34.8 Å². The molecular weight excluding hydrogens is 270 g/mol. The summed E-state index contributed by atoms with van der Waals surface area (Å²) in [5, 5.41) is 10.5. The lowest BCUT2D eigenvalue weighted by atomic mass is 10.1. The van der Waals surface area contributed by atoms with E-state index >= 15 is 0 Å². The number of rotatable bonds is 1. The van der Waals surface area contributed by atoms with Gasteiger partial charge in [0.25, 0.3) is 0 Å². The average molecular weight is 276 g/mol. The van der Waals surface area contributed by atoms with E-state index in [-0.39, 0.29) is 15.9 Å². The standard InChI is InChI=1S/C10H5Cl3N2O/c11-5-1-2-6(7(16)3-5)9-8(12)10(13)15-4-14-9/h1-4,16H. The summed E-state index contributed by atoms with van der Waals surface area (Å²) in [7, 11) is 0. The summed E-state index contributed by atoms with van der Waals surface area (Å²) in [4.78, 5) is 7.70. The van der Waals surface area contributed by atoms with Crippen molar-refractivity contribution in [3.63, 3.8) is 0 Å². The zero-order chi connectivity index (χ0) is 11.7. The molecule has 0 aliphatic carbocycles. The maximum Gasteiger partial charge on any atom is 0.151 e. The van der Waals surface area contributed by atoms with Gasteiger partial charge in [0.2, 0.25) is 0 Å². The third-order valence-electron chi connectivity index (χ3n) is 1.96. The Bertz CT molecular complexity index is 546. The van der Waals surface area contributed by atoms with Crippen molar-refractivity contribution in [2.75, 3.05) is 0 Å². The van der Waals surface area contributed by atoms with Gasteiger partial charge in [-0.1, -0.05) is 34.8 Å². The highest BCUT2D eigenvalue weighted by Crippen LogP contribution is 2.36. The van der Waals surface area contributed by atoms with Gasteiger partial charge in [-0.25, -0.2) is 9.97 Å². The van der Waals surface area contributed by atoms with Crippen LogP contribution in [0.1, 0.15) is 0 Å². The summed E-state index contributed by atoms with van der Waals surface area (Å²) in [6.45, 7) is 0. The van der Waals surface area contributed by atoms with Gasteiger partial charge in [0, 0.05) is 10.6 Å². The lowest BCUT2D eigenvalue weighted by Gasteiger charge is -2.06. The molecule has 0 aliphatic heterocycles. The fraction of sp³-hybridized carbons (Fsp3) is 0. The smallest absolute Gasteiger partial charge is 0.151 e. The predicted molar refractivity (Wildman–Crippen MR) is 64.2 cm³/mol. The van der Waals surface area contributed by atoms with Crippen LogP contribution in [0.3, 0.4) is 0 Å². The number of phenolic OH excluding ortho intramolecular Hbond substituents is 1. The Morgan fingerprint density at radius 3 is 2.50 bits per heavy atom. The normalized spacial score (nSPS) is 10.4. The minimum Gasteiger partial charge on any atom is -0.507 e. The fourth-order valence-corrected chi connectivity index (χ4v) is 1.74. The Labute approximate surface area is 107 Å². The summed E-state index contributed by atoms with van der Waals surface area (Å²) in [5.74, 6) is -0.0100. The van der Waals surface area contributed by atoms with Crippen molar-refractivity contribution in [3.8, 4) is 17.0 Å². The molecule has 1 N–H and O–H groups in total. The van der Waals surface area contributed by atoms with Crippen LogP contribution in [0, 0.1) is 0 Å². The molecule has 82 valence electrons. The van der Waals surface area contributed by atoms with Gasteiger partial charge in [-0.15, -0.1) is 0 Å². The fourth-order valence-electron chi connectivity index (χ4n) is 1.24. The molecule has 0 unspecified atom stereocenters. The van der Waals surface area contributed by atoms with Gasteiger partial charge in [-0.3, -0.25) is 0 Å². The molecule has 0 amide bonds. The number of aromatic hydroxyl groups is 1. The van der Waals surface area contributed by atoms with E-state index in [4.69, 9.17) is 34.8 Å². The molecule has 6 heteroatoms. The number of nitrogens with zero attached hydrogens (tertiary/aromatic N) is 2. The monoisotopic (exact) mass is 274 g/mol. The highest BCUT2D eigenvalue weighted by molar-refractivity contribution is 6.42. The predicted octanol–water partition coefficient (Wildman–Crippen LogP) is 3.81. The maximum absolute atomic E-state index is 9.71. The van der Waals surface area contributed by atoms with Crippen molar-refractivity contribution < 1.29 is 5.11 Å². The molecule has 0 saturated heterocycles. The summed E-state index contributed by atoms with van der Waals surface area (Å²) >= 11 is 17.4. The number of halogens is 3. The van der Waals surface area contributed by atoms with Gasteiger partial charge in [-0.2, -0.15) is 0 Å². The Balaban J connectivity index is 2.63. The zero-order valence-electron chi connectivity index (χ0n) is 7.78. The van der Waals surface area contributed by atoms with Crippen LogP contribution in [-0.4, -0.2) is 15.1 Å². The maximum atomic E-state index is 9.71. The number of hydrogen-bond acceptors (Lipinski definition) is 3. The molecule has 1 aromatic carbocycles. The van der Waals surface area contributed by atoms with Crippen molar-refractivity contribution in [1.82, 2.24) is 9.97 Å².